The van der Waals surface area contributed by atoms with Gasteiger partial charge in [-0.15, -0.1) is 0 Å². The van der Waals surface area contributed by atoms with Gasteiger partial charge in [-0.1, -0.05) is 36.4 Å². The average Bonchev–Trinajstić information content (AvgIpc) is 2.44. The third kappa shape index (κ3) is 1.59. The molecule has 2 aromatic carbocycles. The molecule has 0 saturated heterocycles. The van der Waals surface area contributed by atoms with Crippen LogP contribution in [-0.2, 0) is 5.60 Å². The van der Waals surface area contributed by atoms with Gasteiger partial charge < -0.3 is 14.9 Å². The number of hydrogen-bond donors (Lipinski definition) is 2. The number of rotatable bonds is 1. The van der Waals surface area contributed by atoms with Gasteiger partial charge in [0.05, 0.1) is 7.11 Å². The summed E-state index contributed by atoms with van der Waals surface area (Å²) < 4.78 is 5.41. The van der Waals surface area contributed by atoms with Gasteiger partial charge >= 0.3 is 0 Å². The van der Waals surface area contributed by atoms with Crippen LogP contribution < -0.4 is 4.74 Å². The number of hydrogen-bond acceptors (Lipinski definition) is 3. The fraction of sp³-hybridized carbons (Fsp3) is 0.250. The molecular formula is C16H16O3. The van der Waals surface area contributed by atoms with E-state index in [0.29, 0.717) is 11.3 Å². The summed E-state index contributed by atoms with van der Waals surface area (Å²) in [6, 6.07) is 13.1. The lowest BCUT2D eigenvalue weighted by atomic mass is 9.74. The van der Waals surface area contributed by atoms with Crippen molar-refractivity contribution in [3.8, 4) is 16.9 Å². The molecule has 2 aromatic rings. The van der Waals surface area contributed by atoms with E-state index in [2.05, 4.69) is 0 Å². The quantitative estimate of drug-likeness (QED) is 0.824. The minimum absolute atomic E-state index is 0.693. The zero-order valence-electron chi connectivity index (χ0n) is 10.9. The Morgan fingerprint density at radius 1 is 1.11 bits per heavy atom. The lowest BCUT2D eigenvalue weighted by Gasteiger charge is -2.37. The largest absolute Gasteiger partial charge is 0.496 e. The van der Waals surface area contributed by atoms with Crippen molar-refractivity contribution in [3.63, 3.8) is 0 Å². The van der Waals surface area contributed by atoms with E-state index in [1.165, 1.54) is 0 Å². The van der Waals surface area contributed by atoms with Crippen molar-refractivity contribution in [3.05, 3.63) is 53.6 Å². The summed E-state index contributed by atoms with van der Waals surface area (Å²) in [5.41, 5.74) is 1.87. The highest BCUT2D eigenvalue weighted by molar-refractivity contribution is 5.80. The summed E-state index contributed by atoms with van der Waals surface area (Å²) in [7, 11) is 1.61. The smallest absolute Gasteiger partial charge is 0.127 e. The molecule has 3 rings (SSSR count). The highest BCUT2D eigenvalue weighted by Crippen LogP contribution is 2.50. The fourth-order valence-corrected chi connectivity index (χ4v) is 2.81. The molecule has 0 fully saturated rings. The molecule has 0 spiro atoms. The Balaban J connectivity index is 2.40. The number of fused-ring (bicyclic) bond motifs is 3. The molecular weight excluding hydrogens is 240 g/mol. The van der Waals surface area contributed by atoms with Crippen LogP contribution in [0.25, 0.3) is 11.1 Å². The van der Waals surface area contributed by atoms with E-state index >= 15 is 0 Å². The van der Waals surface area contributed by atoms with E-state index in [4.69, 9.17) is 4.74 Å². The van der Waals surface area contributed by atoms with Gasteiger partial charge in [0.15, 0.2) is 0 Å². The molecule has 0 aliphatic heterocycles. The molecule has 1 aliphatic carbocycles. The van der Waals surface area contributed by atoms with Crippen molar-refractivity contribution in [2.45, 2.75) is 18.6 Å². The van der Waals surface area contributed by atoms with E-state index in [1.54, 1.807) is 14.0 Å². The molecule has 2 N–H and O–H groups in total. The summed E-state index contributed by atoms with van der Waals surface area (Å²) in [4.78, 5) is 0. The first-order valence-electron chi connectivity index (χ1n) is 6.24. The molecule has 0 amide bonds. The molecule has 0 heterocycles. The van der Waals surface area contributed by atoms with Crippen molar-refractivity contribution >= 4 is 0 Å². The van der Waals surface area contributed by atoms with Crippen LogP contribution in [0.5, 0.6) is 5.75 Å². The Labute approximate surface area is 112 Å². The first-order valence-corrected chi connectivity index (χ1v) is 6.24. The second kappa shape index (κ2) is 4.08. The summed E-state index contributed by atoms with van der Waals surface area (Å²) in [5.74, 6) is 0.706. The third-order valence-electron chi connectivity index (χ3n) is 3.85. The van der Waals surface area contributed by atoms with Crippen LogP contribution in [0.1, 0.15) is 24.2 Å². The number of benzene rings is 2. The minimum atomic E-state index is -1.32. The molecule has 19 heavy (non-hydrogen) atoms. The van der Waals surface area contributed by atoms with Crippen LogP contribution in [0, 0.1) is 0 Å². The topological polar surface area (TPSA) is 49.7 Å². The molecule has 2 atom stereocenters. The number of aliphatic hydroxyl groups excluding tert-OH is 1. The Morgan fingerprint density at radius 3 is 2.58 bits per heavy atom. The van der Waals surface area contributed by atoms with Gasteiger partial charge in [0.25, 0.3) is 0 Å². The summed E-state index contributed by atoms with van der Waals surface area (Å²) >= 11 is 0. The van der Waals surface area contributed by atoms with E-state index in [9.17, 15) is 10.2 Å². The number of aliphatic hydroxyl groups is 2. The first kappa shape index (κ1) is 12.2. The molecule has 3 nitrogen and oxygen atoms in total. The van der Waals surface area contributed by atoms with Crippen LogP contribution in [0.4, 0.5) is 0 Å². The van der Waals surface area contributed by atoms with Crippen LogP contribution >= 0.6 is 0 Å². The maximum absolute atomic E-state index is 10.7. The molecule has 3 heteroatoms. The van der Waals surface area contributed by atoms with Crippen molar-refractivity contribution < 1.29 is 14.9 Å². The van der Waals surface area contributed by atoms with Crippen molar-refractivity contribution in [2.24, 2.45) is 0 Å². The zero-order valence-corrected chi connectivity index (χ0v) is 10.9. The average molecular weight is 256 g/mol. The predicted octanol–water partition coefficient (Wildman–Crippen LogP) is 2.62. The molecule has 0 unspecified atom stereocenters. The lowest BCUT2D eigenvalue weighted by Crippen LogP contribution is -2.34. The Bertz CT molecular complexity index is 632. The van der Waals surface area contributed by atoms with Crippen LogP contribution in [0.3, 0.4) is 0 Å². The van der Waals surface area contributed by atoms with Gasteiger partial charge in [0.2, 0.25) is 0 Å². The van der Waals surface area contributed by atoms with Crippen LogP contribution in [0.2, 0.25) is 0 Å². The van der Waals surface area contributed by atoms with Gasteiger partial charge in [-0.25, -0.2) is 0 Å². The molecule has 0 radical (unpaired) electrons. The standard InChI is InChI=1S/C16H16O3/c1-16(18)12-8-5-9-13(19-2)14(12)10-6-3-4-7-11(10)15(16)17/h3-9,15,17-18H,1-2H3/t15-,16-/m0/s1. The monoisotopic (exact) mass is 256 g/mol. The number of methoxy groups -OCH3 is 1. The fourth-order valence-electron chi connectivity index (χ4n) is 2.81. The Morgan fingerprint density at radius 2 is 1.84 bits per heavy atom. The summed E-state index contributed by atoms with van der Waals surface area (Å²) in [6.45, 7) is 1.63. The minimum Gasteiger partial charge on any atom is -0.496 e. The summed E-state index contributed by atoms with van der Waals surface area (Å²) in [6.07, 6.45) is -0.941. The van der Waals surface area contributed by atoms with Crippen LogP contribution in [0.15, 0.2) is 42.5 Å². The highest BCUT2D eigenvalue weighted by Gasteiger charge is 2.41. The van der Waals surface area contributed by atoms with E-state index in [-0.39, 0.29) is 0 Å². The molecule has 98 valence electrons. The predicted molar refractivity (Wildman–Crippen MR) is 73.0 cm³/mol. The lowest BCUT2D eigenvalue weighted by molar-refractivity contribution is -0.0705. The van der Waals surface area contributed by atoms with Crippen LogP contribution in [-0.4, -0.2) is 17.3 Å². The molecule has 0 aromatic heterocycles. The SMILES string of the molecule is COc1cccc2c1-c1ccccc1[C@H](O)[C@@]2(C)O. The molecule has 1 aliphatic rings. The van der Waals surface area contributed by atoms with E-state index < -0.39 is 11.7 Å². The third-order valence-corrected chi connectivity index (χ3v) is 3.85. The Kier molecular flexibility index (Phi) is 2.62. The second-order valence-electron chi connectivity index (χ2n) is 5.02. The maximum atomic E-state index is 10.7. The molecule has 0 saturated carbocycles. The normalized spacial score (nSPS) is 24.5. The highest BCUT2D eigenvalue weighted by atomic mass is 16.5. The maximum Gasteiger partial charge on any atom is 0.127 e. The van der Waals surface area contributed by atoms with Gasteiger partial charge in [-0.2, -0.15) is 0 Å². The first-order chi connectivity index (χ1) is 9.07. The van der Waals surface area contributed by atoms with Gasteiger partial charge in [-0.05, 0) is 29.7 Å². The zero-order chi connectivity index (χ0) is 13.6. The van der Waals surface area contributed by atoms with Gasteiger partial charge in [0.1, 0.15) is 17.5 Å². The van der Waals surface area contributed by atoms with Gasteiger partial charge in [-0.3, -0.25) is 0 Å². The number of ether oxygens (including phenoxy) is 1. The molecule has 0 bridgehead atoms. The van der Waals surface area contributed by atoms with Gasteiger partial charge in [0, 0.05) is 5.56 Å². The second-order valence-corrected chi connectivity index (χ2v) is 5.02. The van der Waals surface area contributed by atoms with Crippen molar-refractivity contribution in [1.29, 1.82) is 0 Å². The van der Waals surface area contributed by atoms with E-state index in [1.807, 2.05) is 42.5 Å². The van der Waals surface area contributed by atoms with Crippen molar-refractivity contribution in [1.82, 2.24) is 0 Å². The van der Waals surface area contributed by atoms with E-state index in [0.717, 1.165) is 16.7 Å². The van der Waals surface area contributed by atoms with Crippen molar-refractivity contribution in [2.75, 3.05) is 7.11 Å². The summed E-state index contributed by atoms with van der Waals surface area (Å²) in [5, 5.41) is 21.1. The Hall–Kier alpha value is -1.84.